The van der Waals surface area contributed by atoms with Crippen molar-refractivity contribution in [2.24, 2.45) is 0 Å². The van der Waals surface area contributed by atoms with Gasteiger partial charge in [0.15, 0.2) is 5.15 Å². The standard InChI is InChI=1S/C12H12ClN3O2S/c1-8-7-9(14)4-5-11(8)19(17,18)16-10-3-2-6-15-12(10)13/h2-7,16H,14H2,1H3. The van der Waals surface area contributed by atoms with Crippen LogP contribution < -0.4 is 10.5 Å². The van der Waals surface area contributed by atoms with Gasteiger partial charge in [0.05, 0.1) is 10.6 Å². The van der Waals surface area contributed by atoms with Gasteiger partial charge >= 0.3 is 0 Å². The first-order valence-corrected chi connectivity index (χ1v) is 7.26. The van der Waals surface area contributed by atoms with E-state index in [2.05, 4.69) is 9.71 Å². The molecule has 7 heteroatoms. The molecule has 1 heterocycles. The molecular formula is C12H12ClN3O2S. The zero-order valence-electron chi connectivity index (χ0n) is 10.1. The number of nitrogens with zero attached hydrogens (tertiary/aromatic N) is 1. The number of nitrogens with two attached hydrogens (primary N) is 1. The minimum absolute atomic E-state index is 0.0965. The second-order valence-corrected chi connectivity index (χ2v) is 5.98. The molecule has 0 saturated heterocycles. The molecule has 0 fully saturated rings. The van der Waals surface area contributed by atoms with Crippen LogP contribution in [0.3, 0.4) is 0 Å². The monoisotopic (exact) mass is 297 g/mol. The Labute approximate surface area is 116 Å². The van der Waals surface area contributed by atoms with Crippen molar-refractivity contribution in [2.75, 3.05) is 10.5 Å². The molecule has 1 aromatic heterocycles. The predicted octanol–water partition coefficient (Wildman–Crippen LogP) is 2.43. The van der Waals surface area contributed by atoms with Gasteiger partial charge in [-0.2, -0.15) is 0 Å². The number of pyridine rings is 1. The molecule has 0 bridgehead atoms. The number of rotatable bonds is 3. The van der Waals surface area contributed by atoms with E-state index in [4.69, 9.17) is 17.3 Å². The van der Waals surface area contributed by atoms with Crippen LogP contribution >= 0.6 is 11.6 Å². The summed E-state index contributed by atoms with van der Waals surface area (Å²) in [5.74, 6) is 0. The van der Waals surface area contributed by atoms with Crippen LogP contribution in [-0.2, 0) is 10.0 Å². The maximum atomic E-state index is 12.2. The fourth-order valence-corrected chi connectivity index (χ4v) is 3.15. The molecular weight excluding hydrogens is 286 g/mol. The second kappa shape index (κ2) is 5.07. The van der Waals surface area contributed by atoms with Gasteiger partial charge in [0.2, 0.25) is 0 Å². The molecule has 5 nitrogen and oxygen atoms in total. The highest BCUT2D eigenvalue weighted by Crippen LogP contribution is 2.24. The van der Waals surface area contributed by atoms with Crippen molar-refractivity contribution in [1.29, 1.82) is 0 Å². The number of hydrogen-bond acceptors (Lipinski definition) is 4. The average Bonchev–Trinajstić information content (AvgIpc) is 2.31. The summed E-state index contributed by atoms with van der Waals surface area (Å²) < 4.78 is 26.9. The second-order valence-electron chi connectivity index (χ2n) is 3.97. The fraction of sp³-hybridized carbons (Fsp3) is 0.0833. The normalized spacial score (nSPS) is 11.3. The van der Waals surface area contributed by atoms with E-state index in [1.807, 2.05) is 0 Å². The van der Waals surface area contributed by atoms with Crippen molar-refractivity contribution in [3.05, 3.63) is 47.2 Å². The summed E-state index contributed by atoms with van der Waals surface area (Å²) >= 11 is 5.82. The van der Waals surface area contributed by atoms with E-state index in [-0.39, 0.29) is 15.7 Å². The number of nitrogen functional groups attached to an aromatic ring is 1. The summed E-state index contributed by atoms with van der Waals surface area (Å²) in [4.78, 5) is 3.97. The molecule has 1 aromatic carbocycles. The Morgan fingerprint density at radius 3 is 2.68 bits per heavy atom. The summed E-state index contributed by atoms with van der Waals surface area (Å²) in [6.07, 6.45) is 1.48. The van der Waals surface area contributed by atoms with Gasteiger partial charge in [-0.1, -0.05) is 11.6 Å². The van der Waals surface area contributed by atoms with Crippen LogP contribution in [0.25, 0.3) is 0 Å². The van der Waals surface area contributed by atoms with Crippen LogP contribution in [-0.4, -0.2) is 13.4 Å². The molecule has 100 valence electrons. The molecule has 0 aliphatic heterocycles. The zero-order valence-corrected chi connectivity index (χ0v) is 11.7. The molecule has 2 rings (SSSR count). The van der Waals surface area contributed by atoms with Crippen LogP contribution in [0.5, 0.6) is 0 Å². The number of sulfonamides is 1. The van der Waals surface area contributed by atoms with E-state index in [0.717, 1.165) is 0 Å². The Morgan fingerprint density at radius 2 is 2.05 bits per heavy atom. The third-order valence-electron chi connectivity index (χ3n) is 2.49. The number of aromatic nitrogens is 1. The molecule has 0 unspecified atom stereocenters. The number of hydrogen-bond donors (Lipinski definition) is 2. The van der Waals surface area contributed by atoms with Gasteiger partial charge in [-0.05, 0) is 42.8 Å². The van der Waals surface area contributed by atoms with Gasteiger partial charge in [-0.3, -0.25) is 4.72 Å². The van der Waals surface area contributed by atoms with Gasteiger partial charge in [-0.15, -0.1) is 0 Å². The lowest BCUT2D eigenvalue weighted by atomic mass is 10.2. The Hall–Kier alpha value is -1.79. The highest BCUT2D eigenvalue weighted by Gasteiger charge is 2.18. The fourth-order valence-electron chi connectivity index (χ4n) is 1.64. The third kappa shape index (κ3) is 2.97. The van der Waals surface area contributed by atoms with Crippen LogP contribution in [0.1, 0.15) is 5.56 Å². The largest absolute Gasteiger partial charge is 0.399 e. The molecule has 0 spiro atoms. The first-order valence-electron chi connectivity index (χ1n) is 5.39. The van der Waals surface area contributed by atoms with Crippen molar-refractivity contribution in [3.8, 4) is 0 Å². The lowest BCUT2D eigenvalue weighted by Crippen LogP contribution is -2.14. The van der Waals surface area contributed by atoms with E-state index >= 15 is 0 Å². The maximum absolute atomic E-state index is 12.2. The Kier molecular flexibility index (Phi) is 3.64. The summed E-state index contributed by atoms with van der Waals surface area (Å²) in [5, 5.41) is 0.0965. The number of halogens is 1. The van der Waals surface area contributed by atoms with Crippen LogP contribution in [0.15, 0.2) is 41.4 Å². The van der Waals surface area contributed by atoms with Gasteiger partial charge in [0.25, 0.3) is 10.0 Å². The smallest absolute Gasteiger partial charge is 0.262 e. The van der Waals surface area contributed by atoms with Crippen LogP contribution in [0.4, 0.5) is 11.4 Å². The average molecular weight is 298 g/mol. The van der Waals surface area contributed by atoms with Crippen molar-refractivity contribution in [3.63, 3.8) is 0 Å². The molecule has 0 amide bonds. The Morgan fingerprint density at radius 1 is 1.32 bits per heavy atom. The topological polar surface area (TPSA) is 85.1 Å². The van der Waals surface area contributed by atoms with E-state index in [1.54, 1.807) is 25.1 Å². The quantitative estimate of drug-likeness (QED) is 0.673. The molecule has 0 aliphatic rings. The summed E-state index contributed by atoms with van der Waals surface area (Å²) in [7, 11) is -3.71. The van der Waals surface area contributed by atoms with Crippen LogP contribution in [0, 0.1) is 6.92 Å². The molecule has 0 saturated carbocycles. The van der Waals surface area contributed by atoms with Crippen molar-refractivity contribution in [1.82, 2.24) is 4.98 Å². The van der Waals surface area contributed by atoms with Gasteiger partial charge < -0.3 is 5.73 Å². The van der Waals surface area contributed by atoms with E-state index < -0.39 is 10.0 Å². The van der Waals surface area contributed by atoms with Crippen molar-refractivity contribution < 1.29 is 8.42 Å². The molecule has 19 heavy (non-hydrogen) atoms. The first kappa shape index (κ1) is 13.6. The first-order chi connectivity index (χ1) is 8.90. The Balaban J connectivity index is 2.41. The molecule has 0 atom stereocenters. The number of benzene rings is 1. The third-order valence-corrected chi connectivity index (χ3v) is 4.32. The lowest BCUT2D eigenvalue weighted by Gasteiger charge is -2.11. The zero-order chi connectivity index (χ0) is 14.0. The Bertz CT molecular complexity index is 717. The highest BCUT2D eigenvalue weighted by molar-refractivity contribution is 7.92. The summed E-state index contributed by atoms with van der Waals surface area (Å²) in [5.41, 5.74) is 6.91. The predicted molar refractivity (Wildman–Crippen MR) is 75.6 cm³/mol. The molecule has 3 N–H and O–H groups in total. The summed E-state index contributed by atoms with van der Waals surface area (Å²) in [6, 6.07) is 7.72. The molecule has 2 aromatic rings. The number of anilines is 2. The number of nitrogens with one attached hydrogen (secondary N) is 1. The molecule has 0 radical (unpaired) electrons. The highest BCUT2D eigenvalue weighted by atomic mass is 35.5. The lowest BCUT2D eigenvalue weighted by molar-refractivity contribution is 0.600. The van der Waals surface area contributed by atoms with E-state index in [0.29, 0.717) is 11.3 Å². The van der Waals surface area contributed by atoms with Gasteiger partial charge in [-0.25, -0.2) is 13.4 Å². The molecule has 0 aliphatic carbocycles. The van der Waals surface area contributed by atoms with E-state index in [9.17, 15) is 8.42 Å². The van der Waals surface area contributed by atoms with Gasteiger partial charge in [0.1, 0.15) is 0 Å². The van der Waals surface area contributed by atoms with Crippen LogP contribution in [0.2, 0.25) is 5.15 Å². The minimum atomic E-state index is -3.71. The van der Waals surface area contributed by atoms with Gasteiger partial charge in [0, 0.05) is 11.9 Å². The SMILES string of the molecule is Cc1cc(N)ccc1S(=O)(=O)Nc1cccnc1Cl. The van der Waals surface area contributed by atoms with Crippen molar-refractivity contribution >= 4 is 33.0 Å². The van der Waals surface area contributed by atoms with E-state index in [1.165, 1.54) is 18.3 Å². The summed E-state index contributed by atoms with van der Waals surface area (Å²) in [6.45, 7) is 1.68. The maximum Gasteiger partial charge on any atom is 0.262 e. The van der Waals surface area contributed by atoms with Crippen molar-refractivity contribution in [2.45, 2.75) is 11.8 Å². The minimum Gasteiger partial charge on any atom is -0.399 e. The number of aryl methyl sites for hydroxylation is 1.